The van der Waals surface area contributed by atoms with E-state index in [-0.39, 0.29) is 0 Å². The third-order valence-electron chi connectivity index (χ3n) is 2.88. The van der Waals surface area contributed by atoms with E-state index in [2.05, 4.69) is 20.5 Å². The minimum atomic E-state index is 0.559. The molecule has 3 heterocycles. The number of hydrogen-bond acceptors (Lipinski definition) is 5. The van der Waals surface area contributed by atoms with Gasteiger partial charge in [-0.1, -0.05) is 12.2 Å². The molecule has 0 saturated carbocycles. The van der Waals surface area contributed by atoms with Gasteiger partial charge in [0.15, 0.2) is 0 Å². The predicted octanol–water partition coefficient (Wildman–Crippen LogP) is 1.93. The second-order valence-electron chi connectivity index (χ2n) is 4.18. The molecule has 0 spiro atoms. The predicted molar refractivity (Wildman–Crippen MR) is 80.0 cm³/mol. The Balaban J connectivity index is 1.79. The maximum absolute atomic E-state index is 5.53. The second kappa shape index (κ2) is 5.75. The van der Waals surface area contributed by atoms with E-state index < -0.39 is 0 Å². The van der Waals surface area contributed by atoms with Crippen LogP contribution in [0.1, 0.15) is 17.7 Å². The summed E-state index contributed by atoms with van der Waals surface area (Å²) >= 11 is 5.29. The van der Waals surface area contributed by atoms with Crippen LogP contribution >= 0.6 is 12.2 Å². The summed E-state index contributed by atoms with van der Waals surface area (Å²) in [5.74, 6) is 0.758. The SMILES string of the molecule is S=C(N/N=C1/CCOc2cccnc21)c1ccncc1. The number of fused-ring (bicyclic) bond motifs is 1. The molecule has 0 amide bonds. The lowest BCUT2D eigenvalue weighted by molar-refractivity contribution is 0.318. The largest absolute Gasteiger partial charge is 0.491 e. The van der Waals surface area contributed by atoms with Gasteiger partial charge in [0.2, 0.25) is 0 Å². The Labute approximate surface area is 121 Å². The van der Waals surface area contributed by atoms with Crippen molar-refractivity contribution >= 4 is 22.9 Å². The molecule has 3 rings (SSSR count). The summed E-state index contributed by atoms with van der Waals surface area (Å²) in [5, 5.41) is 4.36. The number of ether oxygens (including phenoxy) is 1. The van der Waals surface area contributed by atoms with Gasteiger partial charge in [-0.2, -0.15) is 5.10 Å². The molecule has 6 heteroatoms. The molecule has 0 unspecified atom stereocenters. The number of pyridine rings is 2. The van der Waals surface area contributed by atoms with Crippen LogP contribution in [-0.2, 0) is 0 Å². The molecule has 5 nitrogen and oxygen atoms in total. The monoisotopic (exact) mass is 284 g/mol. The maximum Gasteiger partial charge on any atom is 0.146 e. The van der Waals surface area contributed by atoms with Crippen molar-refractivity contribution in [3.05, 3.63) is 54.1 Å². The molecule has 100 valence electrons. The van der Waals surface area contributed by atoms with Gasteiger partial charge in [-0.05, 0) is 24.3 Å². The zero-order chi connectivity index (χ0) is 13.8. The number of nitrogens with one attached hydrogen (secondary N) is 1. The van der Waals surface area contributed by atoms with Crippen LogP contribution in [0, 0.1) is 0 Å². The highest BCUT2D eigenvalue weighted by atomic mass is 32.1. The van der Waals surface area contributed by atoms with Crippen molar-refractivity contribution < 1.29 is 4.74 Å². The van der Waals surface area contributed by atoms with Crippen LogP contribution in [0.2, 0.25) is 0 Å². The average Bonchev–Trinajstić information content (AvgIpc) is 2.53. The summed E-state index contributed by atoms with van der Waals surface area (Å²) in [7, 11) is 0. The van der Waals surface area contributed by atoms with Gasteiger partial charge in [0, 0.05) is 30.6 Å². The summed E-state index contributed by atoms with van der Waals surface area (Å²) in [4.78, 5) is 8.82. The minimum Gasteiger partial charge on any atom is -0.491 e. The Morgan fingerprint density at radius 2 is 2.10 bits per heavy atom. The molecule has 2 aromatic rings. The van der Waals surface area contributed by atoms with Crippen molar-refractivity contribution in [2.24, 2.45) is 5.10 Å². The Kier molecular flexibility index (Phi) is 3.64. The first-order valence-electron chi connectivity index (χ1n) is 6.20. The highest BCUT2D eigenvalue weighted by molar-refractivity contribution is 7.80. The summed E-state index contributed by atoms with van der Waals surface area (Å²) in [5.41, 5.74) is 5.41. The first kappa shape index (κ1) is 12.7. The molecule has 1 aliphatic heterocycles. The number of nitrogens with zero attached hydrogens (tertiary/aromatic N) is 3. The van der Waals surface area contributed by atoms with Crippen molar-refractivity contribution in [2.75, 3.05) is 6.61 Å². The second-order valence-corrected chi connectivity index (χ2v) is 4.59. The highest BCUT2D eigenvalue weighted by Crippen LogP contribution is 2.21. The molecule has 0 fully saturated rings. The lowest BCUT2D eigenvalue weighted by atomic mass is 10.1. The minimum absolute atomic E-state index is 0.559. The Morgan fingerprint density at radius 1 is 1.25 bits per heavy atom. The van der Waals surface area contributed by atoms with Gasteiger partial charge >= 0.3 is 0 Å². The molecule has 0 aromatic carbocycles. The van der Waals surface area contributed by atoms with E-state index in [1.165, 1.54) is 0 Å². The van der Waals surface area contributed by atoms with Gasteiger partial charge in [-0.15, -0.1) is 0 Å². The fourth-order valence-corrected chi connectivity index (χ4v) is 2.08. The molecule has 0 bridgehead atoms. The normalized spacial score (nSPS) is 15.3. The van der Waals surface area contributed by atoms with Crippen LogP contribution in [-0.4, -0.2) is 27.3 Å². The van der Waals surface area contributed by atoms with Gasteiger partial charge in [-0.25, -0.2) is 0 Å². The molecular weight excluding hydrogens is 272 g/mol. The molecule has 0 radical (unpaired) electrons. The molecular formula is C14H12N4OS. The van der Waals surface area contributed by atoms with Crippen LogP contribution in [0.25, 0.3) is 0 Å². The highest BCUT2D eigenvalue weighted by Gasteiger charge is 2.17. The van der Waals surface area contributed by atoms with Crippen LogP contribution in [0.15, 0.2) is 48.0 Å². The number of aromatic nitrogens is 2. The van der Waals surface area contributed by atoms with Gasteiger partial charge in [0.1, 0.15) is 16.4 Å². The molecule has 1 aliphatic rings. The zero-order valence-corrected chi connectivity index (χ0v) is 11.4. The van der Waals surface area contributed by atoms with Crippen molar-refractivity contribution in [2.45, 2.75) is 6.42 Å². The number of hydrogen-bond donors (Lipinski definition) is 1. The van der Waals surface area contributed by atoms with Crippen molar-refractivity contribution in [3.63, 3.8) is 0 Å². The van der Waals surface area contributed by atoms with Crippen LogP contribution < -0.4 is 10.2 Å². The number of hydrazone groups is 1. The van der Waals surface area contributed by atoms with Crippen molar-refractivity contribution in [3.8, 4) is 5.75 Å². The van der Waals surface area contributed by atoms with Crippen LogP contribution in [0.4, 0.5) is 0 Å². The first-order valence-corrected chi connectivity index (χ1v) is 6.60. The summed E-state index contributed by atoms with van der Waals surface area (Å²) in [6.45, 7) is 0.598. The Hall–Kier alpha value is -2.34. The van der Waals surface area contributed by atoms with E-state index in [1.54, 1.807) is 18.6 Å². The molecule has 2 aromatic heterocycles. The van der Waals surface area contributed by atoms with Gasteiger partial charge in [0.25, 0.3) is 0 Å². The standard InChI is InChI=1S/C14H12N4OS/c20-14(10-3-7-15-8-4-10)18-17-11-5-9-19-12-2-1-6-16-13(11)12/h1-4,6-8H,5,9H2,(H,18,20)/b17-11-. The summed E-state index contributed by atoms with van der Waals surface area (Å²) in [6, 6.07) is 7.41. The van der Waals surface area contributed by atoms with E-state index in [1.807, 2.05) is 24.3 Å². The molecule has 0 saturated heterocycles. The smallest absolute Gasteiger partial charge is 0.146 e. The summed E-state index contributed by atoms with van der Waals surface area (Å²) in [6.07, 6.45) is 5.82. The fraction of sp³-hybridized carbons (Fsp3) is 0.143. The van der Waals surface area contributed by atoms with E-state index in [0.29, 0.717) is 18.0 Å². The van der Waals surface area contributed by atoms with E-state index in [0.717, 1.165) is 22.7 Å². The molecule has 20 heavy (non-hydrogen) atoms. The van der Waals surface area contributed by atoms with Crippen LogP contribution in [0.3, 0.4) is 0 Å². The third kappa shape index (κ3) is 2.65. The maximum atomic E-state index is 5.53. The average molecular weight is 284 g/mol. The number of rotatable bonds is 2. The van der Waals surface area contributed by atoms with Crippen molar-refractivity contribution in [1.29, 1.82) is 0 Å². The fourth-order valence-electron chi connectivity index (χ4n) is 1.89. The van der Waals surface area contributed by atoms with Crippen LogP contribution in [0.5, 0.6) is 5.75 Å². The van der Waals surface area contributed by atoms with Gasteiger partial charge in [-0.3, -0.25) is 15.4 Å². The summed E-state index contributed by atoms with van der Waals surface area (Å²) < 4.78 is 5.53. The third-order valence-corrected chi connectivity index (χ3v) is 3.20. The number of thiocarbonyl (C=S) groups is 1. The molecule has 0 aliphatic carbocycles. The van der Waals surface area contributed by atoms with E-state index in [9.17, 15) is 0 Å². The molecule has 1 N–H and O–H groups in total. The molecule has 0 atom stereocenters. The topological polar surface area (TPSA) is 59.4 Å². The Morgan fingerprint density at radius 3 is 2.95 bits per heavy atom. The quantitative estimate of drug-likeness (QED) is 0.674. The van der Waals surface area contributed by atoms with Gasteiger partial charge < -0.3 is 4.74 Å². The van der Waals surface area contributed by atoms with E-state index >= 15 is 0 Å². The Bertz CT molecular complexity index is 657. The van der Waals surface area contributed by atoms with Gasteiger partial charge in [0.05, 0.1) is 12.3 Å². The zero-order valence-electron chi connectivity index (χ0n) is 10.6. The van der Waals surface area contributed by atoms with Crippen molar-refractivity contribution in [1.82, 2.24) is 15.4 Å². The van der Waals surface area contributed by atoms with E-state index in [4.69, 9.17) is 17.0 Å². The lowest BCUT2D eigenvalue weighted by Gasteiger charge is -2.17. The lowest BCUT2D eigenvalue weighted by Crippen LogP contribution is -2.23. The first-order chi connectivity index (χ1) is 9.84.